The number of hydrogen-bond donors (Lipinski definition) is 0. The molecular weight excluding hydrogens is 288 g/mol. The molecule has 0 N–H and O–H groups in total. The summed E-state index contributed by atoms with van der Waals surface area (Å²) in [5.74, 6) is -0.282. The Morgan fingerprint density at radius 3 is 2.00 bits per heavy atom. The largest absolute Gasteiger partial charge is 0.314 e. The number of hydrogen-bond acceptors (Lipinski definition) is 2. The van der Waals surface area contributed by atoms with Crippen molar-refractivity contribution in [2.45, 2.75) is 20.8 Å². The first-order valence-electron chi connectivity index (χ1n) is 7.56. The maximum atomic E-state index is 12.5. The van der Waals surface area contributed by atoms with E-state index in [-0.39, 0.29) is 18.4 Å². The zero-order valence-corrected chi connectivity index (χ0v) is 14.0. The van der Waals surface area contributed by atoms with Crippen molar-refractivity contribution in [1.29, 1.82) is 0 Å². The first kappa shape index (κ1) is 16.7. The third-order valence-electron chi connectivity index (χ3n) is 3.71. The third kappa shape index (κ3) is 4.19. The van der Waals surface area contributed by atoms with Crippen molar-refractivity contribution in [3.8, 4) is 0 Å². The van der Waals surface area contributed by atoms with E-state index in [0.717, 1.165) is 22.5 Å². The Balaban J connectivity index is 2.22. The van der Waals surface area contributed by atoms with Crippen LogP contribution in [0.3, 0.4) is 0 Å². The summed E-state index contributed by atoms with van der Waals surface area (Å²) in [6.07, 6.45) is 0. The molecule has 4 nitrogen and oxygen atoms in total. The smallest absolute Gasteiger partial charge is 0.246 e. The molecule has 0 heterocycles. The fraction of sp³-hybridized carbons (Fsp3) is 0.263. The van der Waals surface area contributed by atoms with Crippen LogP contribution in [0.5, 0.6) is 0 Å². The molecule has 0 aliphatic carbocycles. The van der Waals surface area contributed by atoms with Crippen molar-refractivity contribution in [2.24, 2.45) is 0 Å². The second-order valence-corrected chi connectivity index (χ2v) is 5.74. The van der Waals surface area contributed by atoms with Crippen LogP contribution in [0.4, 0.5) is 11.4 Å². The number of rotatable bonds is 4. The van der Waals surface area contributed by atoms with Crippen LogP contribution >= 0.6 is 0 Å². The van der Waals surface area contributed by atoms with Gasteiger partial charge in [-0.15, -0.1) is 0 Å². The van der Waals surface area contributed by atoms with Gasteiger partial charge in [0.15, 0.2) is 0 Å². The monoisotopic (exact) mass is 310 g/mol. The molecule has 2 aromatic rings. The number of nitrogens with zero attached hydrogens (tertiary/aromatic N) is 2. The summed E-state index contributed by atoms with van der Waals surface area (Å²) in [6, 6.07) is 15.3. The molecular formula is C19H22N2O2. The van der Waals surface area contributed by atoms with Gasteiger partial charge in [0, 0.05) is 25.3 Å². The van der Waals surface area contributed by atoms with E-state index < -0.39 is 0 Å². The predicted octanol–water partition coefficient (Wildman–Crippen LogP) is 3.32. The number of amides is 2. The molecule has 0 saturated carbocycles. The number of aryl methyl sites for hydroxylation is 2. The number of likely N-dealkylation sites (N-methyl/N-ethyl adjacent to an activating group) is 1. The SMILES string of the molecule is CC(=O)N(CC(=O)N(C)c1ccccc1)c1cc(C)cc(C)c1. The molecule has 4 heteroatoms. The lowest BCUT2D eigenvalue weighted by Crippen LogP contribution is -2.40. The molecule has 0 bridgehead atoms. The van der Waals surface area contributed by atoms with E-state index in [1.54, 1.807) is 11.9 Å². The topological polar surface area (TPSA) is 40.6 Å². The van der Waals surface area contributed by atoms with Gasteiger partial charge in [-0.05, 0) is 49.2 Å². The summed E-state index contributed by atoms with van der Waals surface area (Å²) in [4.78, 5) is 27.6. The van der Waals surface area contributed by atoms with Gasteiger partial charge in [-0.3, -0.25) is 9.59 Å². The Morgan fingerprint density at radius 1 is 0.913 bits per heavy atom. The zero-order chi connectivity index (χ0) is 17.0. The number of para-hydroxylation sites is 1. The first-order chi connectivity index (χ1) is 10.9. The van der Waals surface area contributed by atoms with Crippen molar-refractivity contribution in [3.05, 3.63) is 59.7 Å². The fourth-order valence-electron chi connectivity index (χ4n) is 2.53. The summed E-state index contributed by atoms with van der Waals surface area (Å²) in [6.45, 7) is 5.45. The normalized spacial score (nSPS) is 10.3. The minimum Gasteiger partial charge on any atom is -0.314 e. The molecule has 0 atom stereocenters. The molecule has 0 radical (unpaired) electrons. The summed E-state index contributed by atoms with van der Waals surface area (Å²) in [5.41, 5.74) is 3.69. The maximum Gasteiger partial charge on any atom is 0.246 e. The molecule has 0 aromatic heterocycles. The average molecular weight is 310 g/mol. The van der Waals surface area contributed by atoms with E-state index in [4.69, 9.17) is 0 Å². The molecule has 2 rings (SSSR count). The van der Waals surface area contributed by atoms with Crippen LogP contribution in [0.1, 0.15) is 18.1 Å². The molecule has 0 fully saturated rings. The van der Waals surface area contributed by atoms with Gasteiger partial charge in [-0.2, -0.15) is 0 Å². The van der Waals surface area contributed by atoms with E-state index in [9.17, 15) is 9.59 Å². The van der Waals surface area contributed by atoms with E-state index in [1.807, 2.05) is 62.4 Å². The molecule has 0 aliphatic heterocycles. The van der Waals surface area contributed by atoms with Gasteiger partial charge < -0.3 is 9.80 Å². The van der Waals surface area contributed by atoms with E-state index >= 15 is 0 Å². The first-order valence-corrected chi connectivity index (χ1v) is 7.56. The third-order valence-corrected chi connectivity index (χ3v) is 3.71. The van der Waals surface area contributed by atoms with Crippen LogP contribution in [0.25, 0.3) is 0 Å². The lowest BCUT2D eigenvalue weighted by Gasteiger charge is -2.25. The number of anilines is 2. The van der Waals surface area contributed by atoms with Gasteiger partial charge >= 0.3 is 0 Å². The minimum atomic E-state index is -0.148. The second kappa shape index (κ2) is 7.09. The molecule has 0 aliphatic rings. The minimum absolute atomic E-state index is 0.0175. The van der Waals surface area contributed by atoms with Crippen molar-refractivity contribution in [1.82, 2.24) is 0 Å². The fourth-order valence-corrected chi connectivity index (χ4v) is 2.53. The Hall–Kier alpha value is -2.62. The van der Waals surface area contributed by atoms with Gasteiger partial charge in [0.25, 0.3) is 0 Å². The summed E-state index contributed by atoms with van der Waals surface area (Å²) in [5, 5.41) is 0. The average Bonchev–Trinajstić information content (AvgIpc) is 2.51. The highest BCUT2D eigenvalue weighted by atomic mass is 16.2. The van der Waals surface area contributed by atoms with E-state index in [0.29, 0.717) is 0 Å². The van der Waals surface area contributed by atoms with Crippen LogP contribution in [-0.4, -0.2) is 25.4 Å². The summed E-state index contributed by atoms with van der Waals surface area (Å²) < 4.78 is 0. The van der Waals surface area contributed by atoms with Crippen LogP contribution < -0.4 is 9.80 Å². The lowest BCUT2D eigenvalue weighted by molar-refractivity contribution is -0.121. The second-order valence-electron chi connectivity index (χ2n) is 5.74. The van der Waals surface area contributed by atoms with Crippen LogP contribution in [0.15, 0.2) is 48.5 Å². The number of benzene rings is 2. The lowest BCUT2D eigenvalue weighted by atomic mass is 10.1. The quantitative estimate of drug-likeness (QED) is 0.869. The van der Waals surface area contributed by atoms with Crippen LogP contribution in [0.2, 0.25) is 0 Å². The van der Waals surface area contributed by atoms with E-state index in [2.05, 4.69) is 0 Å². The molecule has 0 spiro atoms. The molecule has 0 unspecified atom stereocenters. The Kier molecular flexibility index (Phi) is 5.16. The van der Waals surface area contributed by atoms with Gasteiger partial charge in [0.2, 0.25) is 11.8 Å². The summed E-state index contributed by atoms with van der Waals surface area (Å²) in [7, 11) is 1.72. The maximum absolute atomic E-state index is 12.5. The van der Waals surface area contributed by atoms with Gasteiger partial charge in [-0.25, -0.2) is 0 Å². The Labute approximate surface area is 137 Å². The Bertz CT molecular complexity index is 690. The highest BCUT2D eigenvalue weighted by Crippen LogP contribution is 2.20. The van der Waals surface area contributed by atoms with Crippen molar-refractivity contribution in [2.75, 3.05) is 23.4 Å². The van der Waals surface area contributed by atoms with Crippen molar-refractivity contribution < 1.29 is 9.59 Å². The molecule has 120 valence electrons. The number of carbonyl (C=O) groups excluding carboxylic acids is 2. The van der Waals surface area contributed by atoms with Gasteiger partial charge in [0.05, 0.1) is 0 Å². The van der Waals surface area contributed by atoms with E-state index in [1.165, 1.54) is 11.8 Å². The van der Waals surface area contributed by atoms with Crippen molar-refractivity contribution >= 4 is 23.2 Å². The molecule has 2 amide bonds. The highest BCUT2D eigenvalue weighted by Gasteiger charge is 2.19. The number of carbonyl (C=O) groups is 2. The molecule has 2 aromatic carbocycles. The zero-order valence-electron chi connectivity index (χ0n) is 14.0. The van der Waals surface area contributed by atoms with Crippen LogP contribution in [-0.2, 0) is 9.59 Å². The molecule has 23 heavy (non-hydrogen) atoms. The highest BCUT2D eigenvalue weighted by molar-refractivity contribution is 6.02. The predicted molar refractivity (Wildman–Crippen MR) is 93.8 cm³/mol. The van der Waals surface area contributed by atoms with Crippen LogP contribution in [0, 0.1) is 13.8 Å². The van der Waals surface area contributed by atoms with Gasteiger partial charge in [0.1, 0.15) is 6.54 Å². The van der Waals surface area contributed by atoms with Gasteiger partial charge in [-0.1, -0.05) is 24.3 Å². The summed E-state index contributed by atoms with van der Waals surface area (Å²) >= 11 is 0. The molecule has 0 saturated heterocycles. The van der Waals surface area contributed by atoms with Crippen molar-refractivity contribution in [3.63, 3.8) is 0 Å². The standard InChI is InChI=1S/C19H22N2O2/c1-14-10-15(2)12-18(11-14)21(16(3)22)13-19(23)20(4)17-8-6-5-7-9-17/h5-12H,13H2,1-4H3. The Morgan fingerprint density at radius 2 is 1.48 bits per heavy atom.